The van der Waals surface area contributed by atoms with Gasteiger partial charge in [0.2, 0.25) is 0 Å². The summed E-state index contributed by atoms with van der Waals surface area (Å²) in [6.07, 6.45) is 4.00. The topological polar surface area (TPSA) is 86.3 Å². The summed E-state index contributed by atoms with van der Waals surface area (Å²) in [6.45, 7) is -0.440. The van der Waals surface area contributed by atoms with Crippen molar-refractivity contribution in [3.63, 3.8) is 0 Å². The molecule has 2 N–H and O–H groups in total. The second-order valence-electron chi connectivity index (χ2n) is 8.20. The van der Waals surface area contributed by atoms with E-state index >= 15 is 4.39 Å². The fraction of sp³-hybridized carbons (Fsp3) is 0.364. The number of nitrogens with two attached hydrogens (primary N) is 1. The van der Waals surface area contributed by atoms with Gasteiger partial charge in [0.05, 0.1) is 27.6 Å². The van der Waals surface area contributed by atoms with Crippen LogP contribution in [0.2, 0.25) is 5.02 Å². The smallest absolute Gasteiger partial charge is 0.155 e. The molecule has 32 heavy (non-hydrogen) atoms. The predicted octanol–water partition coefficient (Wildman–Crippen LogP) is 4.04. The normalized spacial score (nSPS) is 26.6. The number of aliphatic imine (C=N–C) groups is 1. The number of methoxy groups -OCH3 is 1. The first-order valence-corrected chi connectivity index (χ1v) is 11.2. The summed E-state index contributed by atoms with van der Waals surface area (Å²) < 4.78 is 34.7. The van der Waals surface area contributed by atoms with Gasteiger partial charge in [-0.2, -0.15) is 0 Å². The second-order valence-corrected chi connectivity index (χ2v) is 10.1. The van der Waals surface area contributed by atoms with Crippen molar-refractivity contribution in [2.24, 2.45) is 16.6 Å². The molecule has 5 rings (SSSR count). The molecule has 0 unspecified atom stereocenters. The molecule has 0 saturated heterocycles. The highest BCUT2D eigenvalue weighted by Gasteiger charge is 2.68. The number of ether oxygens (including phenoxy) is 1. The first-order chi connectivity index (χ1) is 15.4. The summed E-state index contributed by atoms with van der Waals surface area (Å²) >= 11 is 7.41. The number of nitrogens with zero attached hydrogens (tertiary/aromatic N) is 4. The number of thioether (sulfide) groups is 1. The lowest BCUT2D eigenvalue weighted by molar-refractivity contribution is 0.176. The maximum atomic E-state index is 15.1. The van der Waals surface area contributed by atoms with Crippen LogP contribution in [0.4, 0.5) is 8.78 Å². The number of halogens is 3. The Morgan fingerprint density at radius 1 is 1.28 bits per heavy atom. The fourth-order valence-corrected chi connectivity index (χ4v) is 6.23. The maximum Gasteiger partial charge on any atom is 0.155 e. The highest BCUT2D eigenvalue weighted by atomic mass is 35.5. The third kappa shape index (κ3) is 3.43. The van der Waals surface area contributed by atoms with Gasteiger partial charge in [0.15, 0.2) is 5.17 Å². The molecule has 1 aliphatic carbocycles. The van der Waals surface area contributed by atoms with Gasteiger partial charge in [0.25, 0.3) is 0 Å². The molecule has 3 atom stereocenters. The summed E-state index contributed by atoms with van der Waals surface area (Å²) in [6, 6.07) is 6.39. The Bertz CT molecular complexity index is 1240. The van der Waals surface area contributed by atoms with Crippen LogP contribution in [0.1, 0.15) is 23.2 Å². The summed E-state index contributed by atoms with van der Waals surface area (Å²) in [5, 5.41) is 0.729. The standard InChI is InChI=1S/C22H20ClF2N5OS/c1-31-10-21-7-18(21)22(9-24,30-20(26)32-21)14-4-12(2-3-15(14)25)5-16-19-17(29-11-28-16)6-13(23)8-27-19/h2-4,6,8,11,18H,5,7,9-10H2,1H3,(H2,26,30)/t18-,21-,22-/m1/s1. The number of benzene rings is 1. The van der Waals surface area contributed by atoms with Gasteiger partial charge in [0, 0.05) is 31.2 Å². The Hall–Kier alpha value is -2.36. The third-order valence-electron chi connectivity index (χ3n) is 6.20. The fourth-order valence-electron chi connectivity index (χ4n) is 4.69. The first-order valence-electron chi connectivity index (χ1n) is 10.0. The highest BCUT2D eigenvalue weighted by Crippen LogP contribution is 2.66. The van der Waals surface area contributed by atoms with Gasteiger partial charge in [0.1, 0.15) is 29.9 Å². The van der Waals surface area contributed by atoms with Crippen LogP contribution in [0.3, 0.4) is 0 Å². The molecule has 1 aliphatic heterocycles. The van der Waals surface area contributed by atoms with Crippen molar-refractivity contribution in [1.82, 2.24) is 15.0 Å². The number of pyridine rings is 1. The average Bonchev–Trinajstić information content (AvgIpc) is 3.49. The molecule has 3 aromatic rings. The van der Waals surface area contributed by atoms with Crippen LogP contribution in [0.5, 0.6) is 0 Å². The molecule has 0 amide bonds. The minimum atomic E-state index is -1.37. The quantitative estimate of drug-likeness (QED) is 0.579. The van der Waals surface area contributed by atoms with Crippen LogP contribution in [0.25, 0.3) is 11.0 Å². The molecule has 0 spiro atoms. The van der Waals surface area contributed by atoms with E-state index in [1.807, 2.05) is 0 Å². The molecule has 1 saturated carbocycles. The van der Waals surface area contributed by atoms with E-state index in [4.69, 9.17) is 22.1 Å². The number of aromatic nitrogens is 3. The third-order valence-corrected chi connectivity index (χ3v) is 7.68. The van der Waals surface area contributed by atoms with E-state index < -0.39 is 18.0 Å². The van der Waals surface area contributed by atoms with Crippen molar-refractivity contribution >= 4 is 39.6 Å². The van der Waals surface area contributed by atoms with E-state index in [0.29, 0.717) is 41.2 Å². The second kappa shape index (κ2) is 7.90. The first kappa shape index (κ1) is 21.5. The van der Waals surface area contributed by atoms with Crippen molar-refractivity contribution < 1.29 is 13.5 Å². The van der Waals surface area contributed by atoms with E-state index in [0.717, 1.165) is 5.56 Å². The molecule has 0 bridgehead atoms. The predicted molar refractivity (Wildman–Crippen MR) is 121 cm³/mol. The number of amidine groups is 1. The molecule has 166 valence electrons. The van der Waals surface area contributed by atoms with E-state index in [1.54, 1.807) is 25.3 Å². The Morgan fingerprint density at radius 3 is 2.91 bits per heavy atom. The summed E-state index contributed by atoms with van der Waals surface area (Å²) in [5.41, 5.74) is 7.57. The number of hydrogen-bond acceptors (Lipinski definition) is 7. The summed E-state index contributed by atoms with van der Waals surface area (Å²) in [7, 11) is 1.60. The van der Waals surface area contributed by atoms with Crippen LogP contribution in [-0.4, -0.2) is 45.3 Å². The highest BCUT2D eigenvalue weighted by molar-refractivity contribution is 8.15. The van der Waals surface area contributed by atoms with E-state index in [1.165, 1.54) is 30.4 Å². The maximum absolute atomic E-state index is 15.1. The van der Waals surface area contributed by atoms with Crippen LogP contribution in [-0.2, 0) is 16.7 Å². The molecule has 2 aromatic heterocycles. The van der Waals surface area contributed by atoms with Crippen LogP contribution in [0, 0.1) is 11.7 Å². The molecule has 10 heteroatoms. The molecular formula is C22H20ClF2N5OS. The van der Waals surface area contributed by atoms with Crippen LogP contribution >= 0.6 is 23.4 Å². The van der Waals surface area contributed by atoms with Gasteiger partial charge in [-0.25, -0.2) is 23.7 Å². The minimum Gasteiger partial charge on any atom is -0.383 e. The van der Waals surface area contributed by atoms with Crippen molar-refractivity contribution in [3.8, 4) is 0 Å². The molecule has 1 aromatic carbocycles. The van der Waals surface area contributed by atoms with Crippen molar-refractivity contribution in [1.29, 1.82) is 0 Å². The number of fused-ring (bicyclic) bond motifs is 2. The van der Waals surface area contributed by atoms with Gasteiger partial charge < -0.3 is 10.5 Å². The average molecular weight is 476 g/mol. The van der Waals surface area contributed by atoms with Crippen LogP contribution < -0.4 is 5.73 Å². The number of hydrogen-bond donors (Lipinski definition) is 1. The SMILES string of the molecule is COC[C@]12C[C@H]1[C@@](CF)(c1cc(Cc3ncnc4cc(Cl)cnc34)ccc1F)N=C(N)S2. The monoisotopic (exact) mass is 475 g/mol. The lowest BCUT2D eigenvalue weighted by Gasteiger charge is -2.35. The largest absolute Gasteiger partial charge is 0.383 e. The number of rotatable bonds is 6. The van der Waals surface area contributed by atoms with Crippen molar-refractivity contribution in [2.45, 2.75) is 23.1 Å². The Labute approximate surface area is 192 Å². The molecule has 0 radical (unpaired) electrons. The summed E-state index contributed by atoms with van der Waals surface area (Å²) in [5.74, 6) is -0.712. The molecule has 3 heterocycles. The molecule has 2 aliphatic rings. The zero-order chi connectivity index (χ0) is 22.5. The molecule has 1 fully saturated rings. The Morgan fingerprint density at radius 2 is 2.12 bits per heavy atom. The lowest BCUT2D eigenvalue weighted by Crippen LogP contribution is -2.41. The van der Waals surface area contributed by atoms with E-state index in [2.05, 4.69) is 19.9 Å². The van der Waals surface area contributed by atoms with Crippen molar-refractivity contribution in [3.05, 3.63) is 64.5 Å². The van der Waals surface area contributed by atoms with Gasteiger partial charge >= 0.3 is 0 Å². The van der Waals surface area contributed by atoms with Gasteiger partial charge in [-0.1, -0.05) is 29.4 Å². The molecular weight excluding hydrogens is 456 g/mol. The Kier molecular flexibility index (Phi) is 5.30. The lowest BCUT2D eigenvalue weighted by atomic mass is 9.83. The minimum absolute atomic E-state index is 0.203. The number of alkyl halides is 1. The van der Waals surface area contributed by atoms with E-state index in [9.17, 15) is 4.39 Å². The Balaban J connectivity index is 1.56. The van der Waals surface area contributed by atoms with Gasteiger partial charge in [-0.3, -0.25) is 4.98 Å². The zero-order valence-electron chi connectivity index (χ0n) is 17.2. The van der Waals surface area contributed by atoms with E-state index in [-0.39, 0.29) is 21.4 Å². The van der Waals surface area contributed by atoms with Crippen molar-refractivity contribution in [2.75, 3.05) is 20.4 Å². The summed E-state index contributed by atoms with van der Waals surface area (Å²) in [4.78, 5) is 17.4. The van der Waals surface area contributed by atoms with Gasteiger partial charge in [-0.15, -0.1) is 0 Å². The molecule has 6 nitrogen and oxygen atoms in total. The van der Waals surface area contributed by atoms with Crippen LogP contribution in [0.15, 0.2) is 41.8 Å². The van der Waals surface area contributed by atoms with Gasteiger partial charge in [-0.05, 0) is 30.2 Å². The zero-order valence-corrected chi connectivity index (χ0v) is 18.8.